The molecule has 4 rings (SSSR count). The molecular formula is C27H41N5O3. The summed E-state index contributed by atoms with van der Waals surface area (Å²) >= 11 is 0. The van der Waals surface area contributed by atoms with Crippen molar-refractivity contribution in [3.05, 3.63) is 34.7 Å². The van der Waals surface area contributed by atoms with Gasteiger partial charge in [-0.1, -0.05) is 32.9 Å². The van der Waals surface area contributed by atoms with Gasteiger partial charge < -0.3 is 19.7 Å². The number of morpholine rings is 1. The second-order valence-corrected chi connectivity index (χ2v) is 11.1. The van der Waals surface area contributed by atoms with Crippen LogP contribution < -0.4 is 0 Å². The zero-order valence-corrected chi connectivity index (χ0v) is 21.9. The Morgan fingerprint density at radius 3 is 2.77 bits per heavy atom. The van der Waals surface area contributed by atoms with Crippen LogP contribution in [0.4, 0.5) is 0 Å². The number of amides is 1. The summed E-state index contributed by atoms with van der Waals surface area (Å²) in [6.45, 7) is 13.9. The van der Waals surface area contributed by atoms with Crippen molar-refractivity contribution in [3.8, 4) is 11.4 Å². The maximum atomic E-state index is 13.4. The van der Waals surface area contributed by atoms with Gasteiger partial charge in [-0.2, -0.15) is 5.10 Å². The molecule has 2 aromatic rings. The van der Waals surface area contributed by atoms with E-state index in [4.69, 9.17) is 4.74 Å². The molecular weight excluding hydrogens is 442 g/mol. The molecule has 2 aromatic heterocycles. The van der Waals surface area contributed by atoms with Crippen LogP contribution >= 0.6 is 0 Å². The Hall–Kier alpha value is -2.42. The van der Waals surface area contributed by atoms with Crippen molar-refractivity contribution in [2.75, 3.05) is 39.5 Å². The molecule has 1 amide bonds. The molecule has 8 nitrogen and oxygen atoms in total. The highest BCUT2D eigenvalue weighted by Crippen LogP contribution is 2.32. The van der Waals surface area contributed by atoms with Crippen molar-refractivity contribution in [2.45, 2.75) is 66.0 Å². The molecule has 3 heterocycles. The summed E-state index contributed by atoms with van der Waals surface area (Å²) in [5.74, 6) is 0.0539. The number of rotatable bonds is 8. The fourth-order valence-corrected chi connectivity index (χ4v) is 5.05. The van der Waals surface area contributed by atoms with Crippen molar-refractivity contribution in [3.63, 3.8) is 0 Å². The van der Waals surface area contributed by atoms with E-state index in [1.54, 1.807) is 0 Å². The van der Waals surface area contributed by atoms with E-state index < -0.39 is 0 Å². The predicted molar refractivity (Wildman–Crippen MR) is 138 cm³/mol. The Balaban J connectivity index is 1.51. The molecule has 1 saturated heterocycles. The first-order chi connectivity index (χ1) is 16.7. The van der Waals surface area contributed by atoms with Crippen molar-refractivity contribution in [2.24, 2.45) is 5.41 Å². The van der Waals surface area contributed by atoms with Gasteiger partial charge in [-0.15, -0.1) is 0 Å². The number of carbonyl (C=O) groups is 1. The number of aliphatic hydroxyl groups excluding tert-OH is 1. The fraction of sp³-hybridized carbons (Fsp3) is 0.630. The minimum Gasteiger partial charge on any atom is -0.395 e. The zero-order valence-electron chi connectivity index (χ0n) is 21.9. The van der Waals surface area contributed by atoms with E-state index in [1.165, 1.54) is 5.56 Å². The Labute approximate surface area is 208 Å². The lowest BCUT2D eigenvalue weighted by molar-refractivity contribution is -0.140. The summed E-state index contributed by atoms with van der Waals surface area (Å²) in [5, 5.41) is 17.5. The number of nitrogens with zero attached hydrogens (tertiary/aromatic N) is 3. The van der Waals surface area contributed by atoms with Crippen LogP contribution in [0.25, 0.3) is 17.5 Å². The highest BCUT2D eigenvalue weighted by molar-refractivity contribution is 5.82. The second-order valence-electron chi connectivity index (χ2n) is 11.1. The summed E-state index contributed by atoms with van der Waals surface area (Å²) in [6, 6.07) is 1.82. The van der Waals surface area contributed by atoms with Gasteiger partial charge in [-0.05, 0) is 43.7 Å². The molecule has 35 heavy (non-hydrogen) atoms. The number of nitrogens with one attached hydrogen (secondary N) is 2. The number of hydrogen-bond acceptors (Lipinski definition) is 5. The van der Waals surface area contributed by atoms with Crippen LogP contribution in [0, 0.1) is 12.3 Å². The molecule has 0 saturated carbocycles. The quantitative estimate of drug-likeness (QED) is 0.536. The third kappa shape index (κ3) is 5.88. The van der Waals surface area contributed by atoms with Crippen LogP contribution in [0.1, 0.15) is 56.6 Å². The van der Waals surface area contributed by atoms with Gasteiger partial charge in [0, 0.05) is 43.0 Å². The third-order valence-electron chi connectivity index (χ3n) is 7.27. The highest BCUT2D eigenvalue weighted by atomic mass is 16.5. The number of aromatic amines is 2. The molecule has 1 aliphatic carbocycles. The van der Waals surface area contributed by atoms with Crippen molar-refractivity contribution in [1.82, 2.24) is 25.0 Å². The Morgan fingerprint density at radius 1 is 1.34 bits per heavy atom. The maximum absolute atomic E-state index is 13.4. The number of aliphatic hydroxyl groups is 1. The number of ether oxygens (including phenoxy) is 1. The molecule has 1 unspecified atom stereocenters. The molecule has 2 aliphatic rings. The van der Waals surface area contributed by atoms with Crippen molar-refractivity contribution >= 4 is 12.0 Å². The molecule has 2 atom stereocenters. The number of aryl methyl sites for hydroxylation is 1. The van der Waals surface area contributed by atoms with Gasteiger partial charge in [0.2, 0.25) is 5.91 Å². The Bertz CT molecular complexity index is 1040. The van der Waals surface area contributed by atoms with E-state index >= 15 is 0 Å². The molecule has 1 fully saturated rings. The van der Waals surface area contributed by atoms with Crippen molar-refractivity contribution < 1.29 is 14.6 Å². The van der Waals surface area contributed by atoms with Gasteiger partial charge in [-0.25, -0.2) is 0 Å². The van der Waals surface area contributed by atoms with Crippen LogP contribution in [0.3, 0.4) is 0 Å². The average molecular weight is 484 g/mol. The second kappa shape index (κ2) is 10.7. The SMILES string of the molecule is Cc1[nH]nc(-c2cc3c([nH]2)CC(N(CCO)C(=O)[C@@H](C)N2CCOCC2)C=C3)c1CCC(C)(C)C. The third-order valence-corrected chi connectivity index (χ3v) is 7.27. The monoisotopic (exact) mass is 483 g/mol. The van der Waals surface area contributed by atoms with E-state index in [-0.39, 0.29) is 30.0 Å². The summed E-state index contributed by atoms with van der Waals surface area (Å²) < 4.78 is 5.44. The first kappa shape index (κ1) is 25.7. The lowest BCUT2D eigenvalue weighted by Crippen LogP contribution is -2.54. The molecule has 8 heteroatoms. The first-order valence-corrected chi connectivity index (χ1v) is 12.9. The molecule has 0 aromatic carbocycles. The minimum atomic E-state index is -0.239. The molecule has 0 bridgehead atoms. The zero-order chi connectivity index (χ0) is 25.2. The van der Waals surface area contributed by atoms with Crippen molar-refractivity contribution in [1.29, 1.82) is 0 Å². The molecule has 0 spiro atoms. The standard InChI is InChI=1S/C27H41N5O3/c1-18-22(8-9-27(3,4)5)25(30-29-18)24-16-20-6-7-21(17-23(20)28-24)32(10-13-33)26(34)19(2)31-11-14-35-15-12-31/h6-7,16,19,21,28,33H,8-15,17H2,1-5H3,(H,29,30)/t19-,21?/m1/s1. The van der Waals surface area contributed by atoms with Gasteiger partial charge in [0.05, 0.1) is 37.6 Å². The largest absolute Gasteiger partial charge is 0.395 e. The average Bonchev–Trinajstić information content (AvgIpc) is 3.42. The van der Waals surface area contributed by atoms with E-state index in [0.29, 0.717) is 26.2 Å². The normalized spacial score (nSPS) is 19.5. The molecule has 3 N–H and O–H groups in total. The van der Waals surface area contributed by atoms with Gasteiger partial charge in [0.1, 0.15) is 5.69 Å². The number of fused-ring (bicyclic) bond motifs is 1. The van der Waals surface area contributed by atoms with E-state index in [1.807, 2.05) is 11.8 Å². The number of H-pyrrole nitrogens is 2. The summed E-state index contributed by atoms with van der Waals surface area (Å²) in [5.41, 5.74) is 6.86. The van der Waals surface area contributed by atoms with E-state index in [0.717, 1.165) is 54.3 Å². The predicted octanol–water partition coefficient (Wildman–Crippen LogP) is 3.17. The topological polar surface area (TPSA) is 97.5 Å². The smallest absolute Gasteiger partial charge is 0.240 e. The number of hydrogen-bond donors (Lipinski definition) is 3. The van der Waals surface area contributed by atoms with Gasteiger partial charge >= 0.3 is 0 Å². The summed E-state index contributed by atoms with van der Waals surface area (Å²) in [6.07, 6.45) is 6.93. The van der Waals surface area contributed by atoms with Crippen LogP contribution in [0.2, 0.25) is 0 Å². The molecule has 1 aliphatic heterocycles. The van der Waals surface area contributed by atoms with Crippen LogP contribution in [0.15, 0.2) is 12.1 Å². The summed E-state index contributed by atoms with van der Waals surface area (Å²) in [7, 11) is 0. The fourth-order valence-electron chi connectivity index (χ4n) is 5.05. The Kier molecular flexibility index (Phi) is 7.83. The van der Waals surface area contributed by atoms with Crippen LogP contribution in [-0.4, -0.2) is 87.5 Å². The molecule has 192 valence electrons. The van der Waals surface area contributed by atoms with E-state index in [9.17, 15) is 9.90 Å². The maximum Gasteiger partial charge on any atom is 0.240 e. The molecule has 0 radical (unpaired) electrons. The highest BCUT2D eigenvalue weighted by Gasteiger charge is 2.32. The number of aromatic nitrogens is 3. The number of carbonyl (C=O) groups excluding carboxylic acids is 1. The minimum absolute atomic E-state index is 0.0539. The first-order valence-electron chi connectivity index (χ1n) is 12.9. The Morgan fingerprint density at radius 2 is 2.09 bits per heavy atom. The van der Waals surface area contributed by atoms with Gasteiger partial charge in [0.25, 0.3) is 0 Å². The van der Waals surface area contributed by atoms with Gasteiger partial charge in [0.15, 0.2) is 0 Å². The van der Waals surface area contributed by atoms with E-state index in [2.05, 4.69) is 66.0 Å². The van der Waals surface area contributed by atoms with Gasteiger partial charge in [-0.3, -0.25) is 14.8 Å². The van der Waals surface area contributed by atoms with Crippen LogP contribution in [0.5, 0.6) is 0 Å². The lowest BCUT2D eigenvalue weighted by Gasteiger charge is -2.37. The van der Waals surface area contributed by atoms with Crippen LogP contribution in [-0.2, 0) is 22.4 Å². The lowest BCUT2D eigenvalue weighted by atomic mass is 9.88. The summed E-state index contributed by atoms with van der Waals surface area (Å²) in [4.78, 5) is 21.0.